The summed E-state index contributed by atoms with van der Waals surface area (Å²) >= 11 is 0. The van der Waals surface area contributed by atoms with E-state index in [2.05, 4.69) is 39.7 Å². The minimum Gasteiger partial charge on any atom is -0.508 e. The van der Waals surface area contributed by atoms with Gasteiger partial charge in [-0.2, -0.15) is 5.10 Å². The lowest BCUT2D eigenvalue weighted by Crippen LogP contribution is -2.47. The van der Waals surface area contributed by atoms with E-state index in [9.17, 15) is 14.3 Å². The number of aromatic nitrogens is 4. The molecular formula is C35H38FN7O3. The molecule has 1 saturated heterocycles. The van der Waals surface area contributed by atoms with Gasteiger partial charge in [0.15, 0.2) is 5.65 Å². The average Bonchev–Trinajstić information content (AvgIpc) is 3.45. The molecule has 0 amide bonds. The number of fused-ring (bicyclic) bond motifs is 2. The molecule has 0 spiro atoms. The molecule has 2 aliphatic heterocycles. The van der Waals surface area contributed by atoms with Gasteiger partial charge in [-0.1, -0.05) is 24.3 Å². The third-order valence-electron chi connectivity index (χ3n) is 9.59. The Kier molecular flexibility index (Phi) is 7.82. The standard InChI is InChI=1S/C35H38FN7O3/c1-20(2)41-14-10-25(11-15-41)42-12-8-22(9-13-42)29-27-6-4-5-7-28(27)35(45)46-32(29)21(3)43-34-30(33(37)38-19-39-34)31(40-43)23-16-24(36)18-26(44)17-23/h4-8,16-21,25,44H,9-15H2,1-3H3,(H2,37,38,39). The highest BCUT2D eigenvalue weighted by Crippen LogP contribution is 2.39. The maximum atomic E-state index is 14.4. The Morgan fingerprint density at radius 3 is 2.50 bits per heavy atom. The van der Waals surface area contributed by atoms with Crippen molar-refractivity contribution in [3.8, 4) is 17.0 Å². The summed E-state index contributed by atoms with van der Waals surface area (Å²) in [5, 5.41) is 16.7. The molecule has 2 aromatic carbocycles. The highest BCUT2D eigenvalue weighted by Gasteiger charge is 2.31. The first-order chi connectivity index (χ1) is 22.2. The fourth-order valence-electron chi connectivity index (χ4n) is 7.14. The molecular weight excluding hydrogens is 585 g/mol. The fourth-order valence-corrected chi connectivity index (χ4v) is 7.14. The molecule has 3 aromatic heterocycles. The number of halogens is 1. The largest absolute Gasteiger partial charge is 0.508 e. The van der Waals surface area contributed by atoms with Crippen LogP contribution in [0, 0.1) is 5.82 Å². The van der Waals surface area contributed by atoms with E-state index in [1.807, 2.05) is 25.1 Å². The Labute approximate surface area is 266 Å². The van der Waals surface area contributed by atoms with E-state index in [-0.39, 0.29) is 11.6 Å². The van der Waals surface area contributed by atoms with Gasteiger partial charge in [0, 0.05) is 42.4 Å². The Hall–Kier alpha value is -4.61. The van der Waals surface area contributed by atoms with Gasteiger partial charge in [-0.05, 0) is 82.3 Å². The molecule has 5 aromatic rings. The van der Waals surface area contributed by atoms with Crippen LogP contribution in [0.4, 0.5) is 10.2 Å². The van der Waals surface area contributed by atoms with Crippen LogP contribution in [0.2, 0.25) is 0 Å². The van der Waals surface area contributed by atoms with Gasteiger partial charge in [0.05, 0.1) is 10.8 Å². The van der Waals surface area contributed by atoms with E-state index >= 15 is 0 Å². The quantitative estimate of drug-likeness (QED) is 0.249. The van der Waals surface area contributed by atoms with Crippen molar-refractivity contribution in [1.82, 2.24) is 29.5 Å². The molecule has 1 atom stereocenters. The number of aromatic hydroxyl groups is 1. The summed E-state index contributed by atoms with van der Waals surface area (Å²) in [5.41, 5.74) is 8.93. The number of phenols is 1. The van der Waals surface area contributed by atoms with Crippen LogP contribution in [0.1, 0.15) is 57.4 Å². The van der Waals surface area contributed by atoms with E-state index in [4.69, 9.17) is 15.2 Å². The van der Waals surface area contributed by atoms with Gasteiger partial charge in [-0.25, -0.2) is 23.8 Å². The van der Waals surface area contributed by atoms with Gasteiger partial charge in [-0.15, -0.1) is 0 Å². The van der Waals surface area contributed by atoms with E-state index in [0.29, 0.717) is 45.5 Å². The molecule has 0 aliphatic carbocycles. The number of rotatable bonds is 6. The third-order valence-corrected chi connectivity index (χ3v) is 9.59. The lowest BCUT2D eigenvalue weighted by Gasteiger charge is -2.41. The minimum absolute atomic E-state index is 0.164. The van der Waals surface area contributed by atoms with Crippen LogP contribution in [-0.4, -0.2) is 72.9 Å². The molecule has 0 bridgehead atoms. The van der Waals surface area contributed by atoms with Gasteiger partial charge in [-0.3, -0.25) is 4.90 Å². The second kappa shape index (κ2) is 12.0. The molecule has 1 fully saturated rings. The highest BCUT2D eigenvalue weighted by atomic mass is 19.1. The summed E-state index contributed by atoms with van der Waals surface area (Å²) in [7, 11) is 0. The first-order valence-corrected chi connectivity index (χ1v) is 15.9. The molecule has 10 nitrogen and oxygen atoms in total. The smallest absolute Gasteiger partial charge is 0.343 e. The average molecular weight is 624 g/mol. The molecule has 0 radical (unpaired) electrons. The summed E-state index contributed by atoms with van der Waals surface area (Å²) in [6.45, 7) is 10.4. The van der Waals surface area contributed by atoms with Gasteiger partial charge < -0.3 is 20.2 Å². The summed E-state index contributed by atoms with van der Waals surface area (Å²) in [6, 6.07) is 11.8. The van der Waals surface area contributed by atoms with Crippen molar-refractivity contribution in [3.05, 3.63) is 82.4 Å². The van der Waals surface area contributed by atoms with Crippen LogP contribution in [-0.2, 0) is 0 Å². The van der Waals surface area contributed by atoms with Gasteiger partial charge in [0.25, 0.3) is 0 Å². The van der Waals surface area contributed by atoms with Crippen molar-refractivity contribution in [2.45, 2.75) is 58.2 Å². The van der Waals surface area contributed by atoms with Gasteiger partial charge in [0.1, 0.15) is 41.2 Å². The lowest BCUT2D eigenvalue weighted by molar-refractivity contribution is 0.0988. The summed E-state index contributed by atoms with van der Waals surface area (Å²) in [5.74, 6) is -0.235. The zero-order valence-electron chi connectivity index (χ0n) is 26.3. The number of hydrogen-bond donors (Lipinski definition) is 2. The maximum absolute atomic E-state index is 14.4. The Morgan fingerprint density at radius 2 is 1.80 bits per heavy atom. The van der Waals surface area contributed by atoms with Crippen molar-refractivity contribution < 1.29 is 13.9 Å². The van der Waals surface area contributed by atoms with Crippen LogP contribution in [0.3, 0.4) is 0 Å². The summed E-state index contributed by atoms with van der Waals surface area (Å²) < 4.78 is 22.2. The number of nitrogens with zero attached hydrogens (tertiary/aromatic N) is 6. The SMILES string of the molecule is CC(C)N1CCC(N2CC=C(c3c(C(C)n4nc(-c5cc(O)cc(F)c5)c5c(N)ncnc54)oc(=O)c4ccccc34)CC2)CC1. The number of benzene rings is 2. The number of hydrogen-bond acceptors (Lipinski definition) is 9. The molecule has 5 heterocycles. The molecule has 0 saturated carbocycles. The third kappa shape index (κ3) is 5.33. The van der Waals surface area contributed by atoms with E-state index in [1.54, 1.807) is 10.7 Å². The number of piperidine rings is 1. The van der Waals surface area contributed by atoms with Crippen LogP contribution in [0.5, 0.6) is 5.75 Å². The van der Waals surface area contributed by atoms with Crippen molar-refractivity contribution in [1.29, 1.82) is 0 Å². The first kappa shape index (κ1) is 30.1. The molecule has 1 unspecified atom stereocenters. The Morgan fingerprint density at radius 1 is 1.04 bits per heavy atom. The van der Waals surface area contributed by atoms with Gasteiger partial charge >= 0.3 is 5.63 Å². The van der Waals surface area contributed by atoms with E-state index in [1.165, 1.54) is 18.5 Å². The van der Waals surface area contributed by atoms with Crippen molar-refractivity contribution >= 4 is 33.2 Å². The molecule has 238 valence electrons. The second-order valence-corrected chi connectivity index (χ2v) is 12.6. The normalized spacial score (nSPS) is 17.6. The van der Waals surface area contributed by atoms with Crippen LogP contribution in [0.15, 0.2) is 64.1 Å². The van der Waals surface area contributed by atoms with Crippen LogP contribution >= 0.6 is 0 Å². The van der Waals surface area contributed by atoms with Gasteiger partial charge in [0.2, 0.25) is 0 Å². The van der Waals surface area contributed by atoms with Crippen molar-refractivity contribution in [2.24, 2.45) is 0 Å². The Balaban J connectivity index is 1.32. The highest BCUT2D eigenvalue weighted by molar-refractivity contribution is 5.99. The van der Waals surface area contributed by atoms with E-state index in [0.717, 1.165) is 68.0 Å². The maximum Gasteiger partial charge on any atom is 0.343 e. The van der Waals surface area contributed by atoms with Crippen LogP contribution in [0.25, 0.3) is 38.6 Å². The van der Waals surface area contributed by atoms with Crippen LogP contribution < -0.4 is 11.4 Å². The molecule has 2 aliphatic rings. The monoisotopic (exact) mass is 623 g/mol. The molecule has 7 rings (SSSR count). The zero-order valence-corrected chi connectivity index (χ0v) is 26.3. The summed E-state index contributed by atoms with van der Waals surface area (Å²) in [6.07, 6.45) is 6.76. The Bertz CT molecular complexity index is 2010. The number of likely N-dealkylation sites (tertiary alicyclic amines) is 1. The first-order valence-electron chi connectivity index (χ1n) is 15.9. The zero-order chi connectivity index (χ0) is 32.1. The molecule has 11 heteroatoms. The number of anilines is 1. The molecule has 46 heavy (non-hydrogen) atoms. The number of nitrogens with two attached hydrogens (primary N) is 1. The van der Waals surface area contributed by atoms with Crippen molar-refractivity contribution in [3.63, 3.8) is 0 Å². The fraction of sp³-hybridized carbons (Fsp3) is 0.371. The van der Waals surface area contributed by atoms with Crippen molar-refractivity contribution in [2.75, 3.05) is 31.9 Å². The predicted molar refractivity (Wildman–Crippen MR) is 177 cm³/mol. The molecule has 3 N–H and O–H groups in total. The topological polar surface area (TPSA) is 127 Å². The number of nitrogen functional groups attached to an aromatic ring is 1. The summed E-state index contributed by atoms with van der Waals surface area (Å²) in [4.78, 5) is 27.2. The number of phenolic OH excluding ortho intramolecular Hbond substituents is 1. The minimum atomic E-state index is -0.618. The predicted octanol–water partition coefficient (Wildman–Crippen LogP) is 5.60. The second-order valence-electron chi connectivity index (χ2n) is 12.6. The van der Waals surface area contributed by atoms with E-state index < -0.39 is 17.5 Å². The lowest BCUT2D eigenvalue weighted by atomic mass is 9.91.